The van der Waals surface area contributed by atoms with Gasteiger partial charge in [0.15, 0.2) is 0 Å². The van der Waals surface area contributed by atoms with Crippen LogP contribution < -0.4 is 9.09 Å². The molecular weight excluding hydrogens is 575 g/mol. The number of carboxylic acid groups (broad SMARTS) is 1. The average Bonchev–Trinajstić information content (AvgIpc) is 2.50. The molecule has 1 N–H and O–H groups in total. The fraction of sp³-hybridized carbons (Fsp3) is 0.316. The standard InChI is InChI=1S/C19H20AsBr2O5S/c1-11-4-13(7-15(5-11)20-28(3,25)26)10-27-19-16(21)8-14(9-17(19)22)12(2)6-18(23)24/h4-5,7-9,12H,6,10H2,1-3H3,(H,23,24). The van der Waals surface area contributed by atoms with Crippen LogP contribution in [0.3, 0.4) is 0 Å². The molecule has 0 aromatic heterocycles. The number of ether oxygens (including phenoxy) is 1. The molecule has 9 heteroatoms. The molecule has 2 rings (SSSR count). The zero-order valence-electron chi connectivity index (χ0n) is 15.6. The number of halogens is 2. The predicted octanol–water partition coefficient (Wildman–Crippen LogP) is 3.97. The van der Waals surface area contributed by atoms with Crippen LogP contribution in [0.5, 0.6) is 5.75 Å². The fourth-order valence-corrected chi connectivity index (χ4v) is 8.49. The van der Waals surface area contributed by atoms with Crippen LogP contribution in [0.1, 0.15) is 36.0 Å². The van der Waals surface area contributed by atoms with Crippen molar-refractivity contribution in [1.82, 2.24) is 0 Å². The van der Waals surface area contributed by atoms with Gasteiger partial charge in [0.05, 0.1) is 0 Å². The minimum atomic E-state index is -3.02. The van der Waals surface area contributed by atoms with Crippen LogP contribution in [0.15, 0.2) is 39.3 Å². The maximum atomic E-state index is 11.6. The molecule has 0 saturated carbocycles. The molecule has 0 aliphatic rings. The van der Waals surface area contributed by atoms with Crippen molar-refractivity contribution in [3.8, 4) is 5.75 Å². The molecule has 0 bridgehead atoms. The summed E-state index contributed by atoms with van der Waals surface area (Å²) < 4.78 is 31.5. The van der Waals surface area contributed by atoms with Gasteiger partial charge in [0, 0.05) is 0 Å². The second-order valence-electron chi connectivity index (χ2n) is 6.60. The van der Waals surface area contributed by atoms with Gasteiger partial charge < -0.3 is 5.11 Å². The molecule has 2 aromatic rings. The van der Waals surface area contributed by atoms with Crippen LogP contribution >= 0.6 is 31.9 Å². The quantitative estimate of drug-likeness (QED) is 0.468. The molecule has 0 aliphatic carbocycles. The Morgan fingerprint density at radius 2 is 1.79 bits per heavy atom. The second-order valence-corrected chi connectivity index (χ2v) is 16.4. The SMILES string of the molecule is Cc1cc(COc2c(Br)cc(C(C)CC(=O)O)cc2Br)cc([As]S(C)(=O)=O)c1. The van der Waals surface area contributed by atoms with E-state index < -0.39 is 28.7 Å². The van der Waals surface area contributed by atoms with Crippen molar-refractivity contribution in [2.45, 2.75) is 32.8 Å². The first kappa shape index (κ1) is 23.5. The number of carboxylic acids is 1. The third kappa shape index (κ3) is 7.21. The summed E-state index contributed by atoms with van der Waals surface area (Å²) in [5, 5.41) is 8.98. The maximum absolute atomic E-state index is 11.6. The van der Waals surface area contributed by atoms with E-state index in [1.165, 1.54) is 6.26 Å². The Bertz CT molecular complexity index is 969. The number of benzene rings is 2. The van der Waals surface area contributed by atoms with Gasteiger partial charge in [-0.15, -0.1) is 0 Å². The monoisotopic (exact) mass is 593 g/mol. The molecule has 0 amide bonds. The van der Waals surface area contributed by atoms with E-state index >= 15 is 0 Å². The van der Waals surface area contributed by atoms with Gasteiger partial charge in [-0.05, 0) is 0 Å². The molecule has 0 aliphatic heterocycles. The number of rotatable bonds is 8. The van der Waals surface area contributed by atoms with Crippen LogP contribution in [0.2, 0.25) is 0 Å². The number of carbonyl (C=O) groups is 1. The molecule has 1 unspecified atom stereocenters. The zero-order valence-corrected chi connectivity index (χ0v) is 21.4. The normalized spacial score (nSPS) is 13.0. The van der Waals surface area contributed by atoms with E-state index in [4.69, 9.17) is 9.84 Å². The Hall–Kier alpha value is -0.822. The van der Waals surface area contributed by atoms with Gasteiger partial charge in [-0.25, -0.2) is 0 Å². The van der Waals surface area contributed by atoms with E-state index in [0.29, 0.717) is 12.4 Å². The Kier molecular flexibility index (Phi) is 8.20. The molecule has 5 nitrogen and oxygen atoms in total. The third-order valence-corrected chi connectivity index (χ3v) is 9.52. The molecule has 1 radical (unpaired) electrons. The van der Waals surface area contributed by atoms with E-state index in [9.17, 15) is 13.2 Å². The van der Waals surface area contributed by atoms with E-state index in [-0.39, 0.29) is 12.3 Å². The molecular formula is C19H20AsBr2O5S. The van der Waals surface area contributed by atoms with Crippen molar-refractivity contribution < 1.29 is 23.1 Å². The first-order valence-electron chi connectivity index (χ1n) is 8.31. The molecule has 0 spiro atoms. The summed E-state index contributed by atoms with van der Waals surface area (Å²) in [6.07, 6.45) is 1.31. The van der Waals surface area contributed by atoms with Gasteiger partial charge in [-0.3, -0.25) is 4.79 Å². The van der Waals surface area contributed by atoms with Gasteiger partial charge in [0.1, 0.15) is 0 Å². The summed E-state index contributed by atoms with van der Waals surface area (Å²) >= 11 is 6.06. The van der Waals surface area contributed by atoms with Gasteiger partial charge in [0.2, 0.25) is 0 Å². The summed E-state index contributed by atoms with van der Waals surface area (Å²) in [6, 6.07) is 9.47. The summed E-state index contributed by atoms with van der Waals surface area (Å²) in [5.41, 5.74) is 2.78. The Morgan fingerprint density at radius 1 is 1.18 bits per heavy atom. The van der Waals surface area contributed by atoms with Crippen molar-refractivity contribution in [3.05, 3.63) is 56.0 Å². The van der Waals surface area contributed by atoms with E-state index in [1.807, 2.05) is 44.2 Å². The summed E-state index contributed by atoms with van der Waals surface area (Å²) in [7, 11) is -3.02. The van der Waals surface area contributed by atoms with Gasteiger partial charge in [0.25, 0.3) is 0 Å². The third-order valence-electron chi connectivity index (χ3n) is 3.85. The zero-order chi connectivity index (χ0) is 21.1. The summed E-state index contributed by atoms with van der Waals surface area (Å²) in [6.45, 7) is 4.09. The van der Waals surface area contributed by atoms with Crippen molar-refractivity contribution in [2.75, 3.05) is 6.26 Å². The van der Waals surface area contributed by atoms with E-state index in [0.717, 1.165) is 30.0 Å². The molecule has 0 saturated heterocycles. The Balaban J connectivity index is 2.20. The minimum absolute atomic E-state index is 0.0497. The van der Waals surface area contributed by atoms with Crippen molar-refractivity contribution in [3.63, 3.8) is 0 Å². The molecule has 0 heterocycles. The second kappa shape index (κ2) is 9.79. The fourth-order valence-electron chi connectivity index (χ4n) is 2.71. The molecule has 28 heavy (non-hydrogen) atoms. The predicted molar refractivity (Wildman–Crippen MR) is 118 cm³/mol. The van der Waals surface area contributed by atoms with Gasteiger partial charge in [-0.2, -0.15) is 0 Å². The summed E-state index contributed by atoms with van der Waals surface area (Å²) in [5.74, 6) is -0.352. The number of hydrogen-bond acceptors (Lipinski definition) is 4. The summed E-state index contributed by atoms with van der Waals surface area (Å²) in [4.78, 5) is 10.9. The molecule has 1 atom stereocenters. The Labute approximate surface area is 187 Å². The number of aliphatic carboxylic acids is 1. The van der Waals surface area contributed by atoms with Crippen LogP contribution in [-0.2, 0) is 19.5 Å². The van der Waals surface area contributed by atoms with Gasteiger partial charge >= 0.3 is 179 Å². The number of hydrogen-bond donors (Lipinski definition) is 1. The van der Waals surface area contributed by atoms with Crippen LogP contribution in [-0.4, -0.2) is 40.3 Å². The first-order valence-corrected chi connectivity index (χ1v) is 15.0. The Morgan fingerprint density at radius 3 is 2.32 bits per heavy atom. The topological polar surface area (TPSA) is 80.7 Å². The molecule has 2 aromatic carbocycles. The van der Waals surface area contributed by atoms with E-state index in [2.05, 4.69) is 31.9 Å². The van der Waals surface area contributed by atoms with Crippen molar-refractivity contribution in [1.29, 1.82) is 0 Å². The van der Waals surface area contributed by atoms with Crippen LogP contribution in [0, 0.1) is 6.92 Å². The van der Waals surface area contributed by atoms with Crippen LogP contribution in [0.25, 0.3) is 0 Å². The average molecular weight is 595 g/mol. The van der Waals surface area contributed by atoms with E-state index in [1.54, 1.807) is 0 Å². The number of aryl methyl sites for hydroxylation is 1. The first-order chi connectivity index (χ1) is 12.9. The van der Waals surface area contributed by atoms with Crippen molar-refractivity contribution in [2.24, 2.45) is 0 Å². The molecule has 151 valence electrons. The van der Waals surface area contributed by atoms with Crippen LogP contribution in [0.4, 0.5) is 0 Å². The molecule has 0 fully saturated rings. The van der Waals surface area contributed by atoms with Gasteiger partial charge in [-0.1, -0.05) is 0 Å². The van der Waals surface area contributed by atoms with Crippen molar-refractivity contribution >= 4 is 64.9 Å².